The molecule has 1 fully saturated rings. The van der Waals surface area contributed by atoms with E-state index in [-0.39, 0.29) is 18.1 Å². The SMILES string of the molecule is CC1CN(Cc2ccccc2NC(=O)c2csc(CCN)n2)CC(C)O1. The Balaban J connectivity index is 1.69. The third kappa shape index (κ3) is 4.88. The fourth-order valence-electron chi connectivity index (χ4n) is 3.27. The van der Waals surface area contributed by atoms with Crippen molar-refractivity contribution in [3.05, 3.63) is 45.9 Å². The van der Waals surface area contributed by atoms with Gasteiger partial charge < -0.3 is 15.8 Å². The van der Waals surface area contributed by atoms with Crippen LogP contribution in [-0.2, 0) is 17.7 Å². The number of anilines is 1. The number of nitrogens with zero attached hydrogens (tertiary/aromatic N) is 2. The summed E-state index contributed by atoms with van der Waals surface area (Å²) in [6, 6.07) is 7.93. The van der Waals surface area contributed by atoms with Gasteiger partial charge in [-0.1, -0.05) is 18.2 Å². The highest BCUT2D eigenvalue weighted by molar-refractivity contribution is 7.09. The minimum absolute atomic E-state index is 0.180. The number of carbonyl (C=O) groups is 1. The Kier molecular flexibility index (Phi) is 6.37. The van der Waals surface area contributed by atoms with Crippen molar-refractivity contribution in [2.45, 2.75) is 39.0 Å². The maximum absolute atomic E-state index is 12.5. The van der Waals surface area contributed by atoms with Crippen molar-refractivity contribution in [2.24, 2.45) is 5.73 Å². The smallest absolute Gasteiger partial charge is 0.275 e. The maximum Gasteiger partial charge on any atom is 0.275 e. The predicted molar refractivity (Wildman–Crippen MR) is 105 cm³/mol. The van der Waals surface area contributed by atoms with Crippen LogP contribution in [-0.4, -0.2) is 47.6 Å². The lowest BCUT2D eigenvalue weighted by Gasteiger charge is -2.35. The molecule has 1 aromatic heterocycles. The van der Waals surface area contributed by atoms with E-state index in [1.165, 1.54) is 11.3 Å². The Morgan fingerprint density at radius 3 is 2.81 bits per heavy atom. The molecule has 1 aliphatic heterocycles. The minimum atomic E-state index is -0.180. The Morgan fingerprint density at radius 2 is 2.08 bits per heavy atom. The van der Waals surface area contributed by atoms with E-state index in [9.17, 15) is 4.79 Å². The molecule has 7 heteroatoms. The monoisotopic (exact) mass is 374 g/mol. The number of nitrogens with one attached hydrogen (secondary N) is 1. The first-order valence-corrected chi connectivity index (χ1v) is 9.84. The van der Waals surface area contributed by atoms with Crippen LogP contribution in [0.3, 0.4) is 0 Å². The molecule has 6 nitrogen and oxygen atoms in total. The van der Waals surface area contributed by atoms with Crippen molar-refractivity contribution in [1.82, 2.24) is 9.88 Å². The normalized spacial score (nSPS) is 20.9. The molecule has 3 rings (SSSR count). The zero-order chi connectivity index (χ0) is 18.5. The maximum atomic E-state index is 12.5. The lowest BCUT2D eigenvalue weighted by atomic mass is 10.1. The van der Waals surface area contributed by atoms with Crippen LogP contribution >= 0.6 is 11.3 Å². The van der Waals surface area contributed by atoms with Crippen LogP contribution in [0.4, 0.5) is 5.69 Å². The summed E-state index contributed by atoms with van der Waals surface area (Å²) in [6.07, 6.45) is 1.13. The summed E-state index contributed by atoms with van der Waals surface area (Å²) in [5.74, 6) is -0.180. The van der Waals surface area contributed by atoms with E-state index < -0.39 is 0 Å². The molecule has 0 radical (unpaired) electrons. The third-order valence-corrected chi connectivity index (χ3v) is 5.21. The number of nitrogens with two attached hydrogens (primary N) is 1. The van der Waals surface area contributed by atoms with Gasteiger partial charge in [0.25, 0.3) is 5.91 Å². The Morgan fingerprint density at radius 1 is 1.35 bits per heavy atom. The van der Waals surface area contributed by atoms with Gasteiger partial charge in [-0.25, -0.2) is 4.98 Å². The molecule has 140 valence electrons. The zero-order valence-electron chi connectivity index (χ0n) is 15.3. The van der Waals surface area contributed by atoms with Crippen LogP contribution in [0, 0.1) is 0 Å². The van der Waals surface area contributed by atoms with Gasteiger partial charge in [-0.3, -0.25) is 9.69 Å². The van der Waals surface area contributed by atoms with Gasteiger partial charge in [-0.2, -0.15) is 0 Å². The van der Waals surface area contributed by atoms with Crippen LogP contribution in [0.5, 0.6) is 0 Å². The van der Waals surface area contributed by atoms with E-state index in [1.54, 1.807) is 5.38 Å². The van der Waals surface area contributed by atoms with Gasteiger partial charge in [0.05, 0.1) is 17.2 Å². The predicted octanol–water partition coefficient (Wildman–Crippen LogP) is 2.51. The number of thiazole rings is 1. The topological polar surface area (TPSA) is 80.5 Å². The number of para-hydroxylation sites is 1. The van der Waals surface area contributed by atoms with E-state index in [0.717, 1.165) is 35.9 Å². The number of carbonyl (C=O) groups excluding carboxylic acids is 1. The van der Waals surface area contributed by atoms with Gasteiger partial charge in [-0.15, -0.1) is 11.3 Å². The van der Waals surface area contributed by atoms with Gasteiger partial charge >= 0.3 is 0 Å². The van der Waals surface area contributed by atoms with Crippen molar-refractivity contribution in [3.63, 3.8) is 0 Å². The standard InChI is InChI=1S/C19H26N4O2S/c1-13-9-23(10-14(2)25-13)11-15-5-3-4-6-16(15)22-19(24)17-12-26-18(21-17)7-8-20/h3-6,12-14H,7-11,20H2,1-2H3,(H,22,24). The molecule has 2 atom stereocenters. The van der Waals surface area contributed by atoms with Gasteiger partial charge in [0, 0.05) is 37.1 Å². The van der Waals surface area contributed by atoms with Crippen molar-refractivity contribution in [1.29, 1.82) is 0 Å². The average molecular weight is 375 g/mol. The number of ether oxygens (including phenoxy) is 1. The summed E-state index contributed by atoms with van der Waals surface area (Å²) in [6.45, 7) is 7.29. The second kappa shape index (κ2) is 8.73. The van der Waals surface area contributed by atoms with Crippen molar-refractivity contribution < 1.29 is 9.53 Å². The molecule has 1 aliphatic rings. The largest absolute Gasteiger partial charge is 0.373 e. The third-order valence-electron chi connectivity index (χ3n) is 4.30. The molecule has 1 saturated heterocycles. The van der Waals surface area contributed by atoms with E-state index in [1.807, 2.05) is 18.2 Å². The second-order valence-electron chi connectivity index (χ2n) is 6.73. The summed E-state index contributed by atoms with van der Waals surface area (Å²) in [4.78, 5) is 19.3. The summed E-state index contributed by atoms with van der Waals surface area (Å²) in [5.41, 5.74) is 7.92. The number of amides is 1. The zero-order valence-corrected chi connectivity index (χ0v) is 16.1. The highest BCUT2D eigenvalue weighted by Gasteiger charge is 2.23. The first-order chi connectivity index (χ1) is 12.5. The van der Waals surface area contributed by atoms with E-state index in [4.69, 9.17) is 10.5 Å². The summed E-state index contributed by atoms with van der Waals surface area (Å²) < 4.78 is 5.80. The summed E-state index contributed by atoms with van der Waals surface area (Å²) >= 11 is 1.47. The summed E-state index contributed by atoms with van der Waals surface area (Å²) in [5, 5.41) is 5.69. The number of hydrogen-bond donors (Lipinski definition) is 2. The fraction of sp³-hybridized carbons (Fsp3) is 0.474. The van der Waals surface area contributed by atoms with Crippen LogP contribution in [0.25, 0.3) is 0 Å². The van der Waals surface area contributed by atoms with Gasteiger partial charge in [0.1, 0.15) is 5.69 Å². The molecule has 26 heavy (non-hydrogen) atoms. The molecular weight excluding hydrogens is 348 g/mol. The second-order valence-corrected chi connectivity index (χ2v) is 7.67. The van der Waals surface area contributed by atoms with Gasteiger partial charge in [0.2, 0.25) is 0 Å². The lowest BCUT2D eigenvalue weighted by molar-refractivity contribution is -0.0704. The first-order valence-electron chi connectivity index (χ1n) is 8.96. The molecule has 3 N–H and O–H groups in total. The van der Waals surface area contributed by atoms with Gasteiger partial charge in [-0.05, 0) is 32.0 Å². The van der Waals surface area contributed by atoms with E-state index >= 15 is 0 Å². The Bertz CT molecular complexity index is 739. The fourth-order valence-corrected chi connectivity index (χ4v) is 4.07. The van der Waals surface area contributed by atoms with Crippen molar-refractivity contribution in [2.75, 3.05) is 25.0 Å². The number of hydrogen-bond acceptors (Lipinski definition) is 6. The van der Waals surface area contributed by atoms with E-state index in [2.05, 4.69) is 35.1 Å². The molecule has 2 unspecified atom stereocenters. The highest BCUT2D eigenvalue weighted by Crippen LogP contribution is 2.21. The van der Waals surface area contributed by atoms with Gasteiger partial charge in [0.15, 0.2) is 0 Å². The molecule has 1 amide bonds. The molecule has 2 heterocycles. The molecule has 0 saturated carbocycles. The van der Waals surface area contributed by atoms with Crippen molar-refractivity contribution >= 4 is 22.9 Å². The van der Waals surface area contributed by atoms with Crippen LogP contribution in [0.15, 0.2) is 29.6 Å². The van der Waals surface area contributed by atoms with Crippen LogP contribution in [0.1, 0.15) is 34.9 Å². The average Bonchev–Trinajstić information content (AvgIpc) is 3.05. The minimum Gasteiger partial charge on any atom is -0.373 e. The molecule has 0 bridgehead atoms. The van der Waals surface area contributed by atoms with Crippen molar-refractivity contribution in [3.8, 4) is 0 Å². The molecule has 2 aromatic rings. The number of morpholine rings is 1. The lowest BCUT2D eigenvalue weighted by Crippen LogP contribution is -2.44. The Labute approximate surface area is 158 Å². The van der Waals surface area contributed by atoms with Crippen LogP contribution < -0.4 is 11.1 Å². The number of aromatic nitrogens is 1. The molecular formula is C19H26N4O2S. The summed E-state index contributed by atoms with van der Waals surface area (Å²) in [7, 11) is 0. The van der Waals surface area contributed by atoms with Crippen LogP contribution in [0.2, 0.25) is 0 Å². The quantitative estimate of drug-likeness (QED) is 0.812. The highest BCUT2D eigenvalue weighted by atomic mass is 32.1. The molecule has 1 aromatic carbocycles. The van der Waals surface area contributed by atoms with E-state index in [0.29, 0.717) is 18.7 Å². The first kappa shape index (κ1) is 19.0. The molecule has 0 spiro atoms. The Hall–Kier alpha value is -1.80. The number of rotatable bonds is 6. The molecule has 0 aliphatic carbocycles. The number of benzene rings is 1.